The van der Waals surface area contributed by atoms with Crippen LogP contribution in [0.15, 0.2) is 18.2 Å². The van der Waals surface area contributed by atoms with Gasteiger partial charge in [-0.2, -0.15) is 0 Å². The summed E-state index contributed by atoms with van der Waals surface area (Å²) in [5.74, 6) is -0.0160. The average molecular weight is 339 g/mol. The van der Waals surface area contributed by atoms with Crippen molar-refractivity contribution in [2.45, 2.75) is 26.7 Å². The van der Waals surface area contributed by atoms with Crippen LogP contribution in [0, 0.1) is 12.8 Å². The zero-order valence-corrected chi connectivity index (χ0v) is 14.4. The molecule has 0 atom stereocenters. The van der Waals surface area contributed by atoms with E-state index < -0.39 is 0 Å². The number of nitrogens with zero attached hydrogens (tertiary/aromatic N) is 1. The molecule has 0 saturated carbocycles. The van der Waals surface area contributed by atoms with Gasteiger partial charge < -0.3 is 15.0 Å². The minimum atomic E-state index is -0.0734. The summed E-state index contributed by atoms with van der Waals surface area (Å²) in [5.41, 5.74) is 1.64. The highest BCUT2D eigenvalue weighted by atomic mass is 35.5. The summed E-state index contributed by atoms with van der Waals surface area (Å²) < 4.78 is 5.26. The monoisotopic (exact) mass is 338 g/mol. The van der Waals surface area contributed by atoms with Gasteiger partial charge in [-0.25, -0.2) is 0 Å². The molecule has 23 heavy (non-hydrogen) atoms. The first kappa shape index (κ1) is 17.8. The van der Waals surface area contributed by atoms with Gasteiger partial charge in [0.25, 0.3) is 0 Å². The van der Waals surface area contributed by atoms with E-state index in [4.69, 9.17) is 16.3 Å². The Morgan fingerprint density at radius 3 is 2.70 bits per heavy atom. The molecule has 5 nitrogen and oxygen atoms in total. The first-order valence-corrected chi connectivity index (χ1v) is 8.27. The highest BCUT2D eigenvalue weighted by Crippen LogP contribution is 2.26. The summed E-state index contributed by atoms with van der Waals surface area (Å²) in [6.07, 6.45) is 1.52. The fraction of sp³-hybridized carbons (Fsp3) is 0.529. The van der Waals surface area contributed by atoms with E-state index in [2.05, 4.69) is 5.32 Å². The van der Waals surface area contributed by atoms with E-state index in [0.717, 1.165) is 24.1 Å². The standard InChI is InChI=1S/C17H23ClN2O3/c1-12-15(18)4-3-5-16(12)20(13(2)21)9-8-19-17(22)14-6-10-23-11-7-14/h3-5,14H,6-11H2,1-2H3,(H,19,22). The lowest BCUT2D eigenvalue weighted by molar-refractivity contribution is -0.127. The molecule has 2 amide bonds. The predicted octanol–water partition coefficient (Wildman–Crippen LogP) is 2.54. The number of hydrogen-bond acceptors (Lipinski definition) is 3. The second-order valence-corrected chi connectivity index (χ2v) is 6.14. The van der Waals surface area contributed by atoms with Crippen molar-refractivity contribution in [1.29, 1.82) is 0 Å². The van der Waals surface area contributed by atoms with Gasteiger partial charge in [0.2, 0.25) is 11.8 Å². The van der Waals surface area contributed by atoms with Crippen molar-refractivity contribution in [3.8, 4) is 0 Å². The van der Waals surface area contributed by atoms with Gasteiger partial charge in [-0.15, -0.1) is 0 Å². The lowest BCUT2D eigenvalue weighted by Gasteiger charge is -2.25. The van der Waals surface area contributed by atoms with Crippen LogP contribution in [0.1, 0.15) is 25.3 Å². The van der Waals surface area contributed by atoms with Crippen LogP contribution in [0.25, 0.3) is 0 Å². The lowest BCUT2D eigenvalue weighted by Crippen LogP contribution is -2.41. The first-order chi connectivity index (χ1) is 11.0. The van der Waals surface area contributed by atoms with Crippen molar-refractivity contribution in [3.05, 3.63) is 28.8 Å². The number of hydrogen-bond donors (Lipinski definition) is 1. The molecule has 0 radical (unpaired) electrons. The van der Waals surface area contributed by atoms with Crippen LogP contribution in [0.5, 0.6) is 0 Å². The van der Waals surface area contributed by atoms with Crippen LogP contribution in [-0.2, 0) is 14.3 Å². The third kappa shape index (κ3) is 4.69. The van der Waals surface area contributed by atoms with E-state index in [-0.39, 0.29) is 17.7 Å². The fourth-order valence-electron chi connectivity index (χ4n) is 2.73. The number of rotatable bonds is 5. The zero-order valence-electron chi connectivity index (χ0n) is 13.6. The van der Waals surface area contributed by atoms with Crippen molar-refractivity contribution >= 4 is 29.1 Å². The summed E-state index contributed by atoms with van der Waals surface area (Å²) in [4.78, 5) is 25.7. The van der Waals surface area contributed by atoms with Crippen LogP contribution in [0.4, 0.5) is 5.69 Å². The van der Waals surface area contributed by atoms with Gasteiger partial charge >= 0.3 is 0 Å². The van der Waals surface area contributed by atoms with Crippen LogP contribution in [0.2, 0.25) is 5.02 Å². The van der Waals surface area contributed by atoms with E-state index >= 15 is 0 Å². The number of halogens is 1. The molecule has 0 aliphatic carbocycles. The van der Waals surface area contributed by atoms with Gasteiger partial charge in [-0.1, -0.05) is 17.7 Å². The SMILES string of the molecule is CC(=O)N(CCNC(=O)C1CCOCC1)c1cccc(Cl)c1C. The smallest absolute Gasteiger partial charge is 0.223 e. The minimum absolute atomic E-state index is 0.0161. The largest absolute Gasteiger partial charge is 0.381 e. The number of ether oxygens (including phenoxy) is 1. The Bertz CT molecular complexity index is 571. The second-order valence-electron chi connectivity index (χ2n) is 5.73. The number of carbonyl (C=O) groups excluding carboxylic acids is 2. The van der Waals surface area contributed by atoms with E-state index in [1.807, 2.05) is 19.1 Å². The van der Waals surface area contributed by atoms with Gasteiger partial charge in [0.15, 0.2) is 0 Å². The normalized spacial score (nSPS) is 15.3. The van der Waals surface area contributed by atoms with Crippen molar-refractivity contribution in [2.24, 2.45) is 5.92 Å². The third-order valence-electron chi connectivity index (χ3n) is 4.14. The Kier molecular flexibility index (Phi) is 6.42. The highest BCUT2D eigenvalue weighted by molar-refractivity contribution is 6.31. The first-order valence-electron chi connectivity index (χ1n) is 7.89. The maximum absolute atomic E-state index is 12.1. The fourth-order valence-corrected chi connectivity index (χ4v) is 2.90. The van der Waals surface area contributed by atoms with Crippen LogP contribution < -0.4 is 10.2 Å². The molecule has 1 saturated heterocycles. The van der Waals surface area contributed by atoms with E-state index in [1.165, 1.54) is 6.92 Å². The number of carbonyl (C=O) groups is 2. The highest BCUT2D eigenvalue weighted by Gasteiger charge is 2.22. The molecule has 1 aromatic carbocycles. The second kappa shape index (κ2) is 8.31. The van der Waals surface area contributed by atoms with E-state index in [9.17, 15) is 9.59 Å². The third-order valence-corrected chi connectivity index (χ3v) is 4.55. The molecule has 0 unspecified atom stereocenters. The van der Waals surface area contributed by atoms with Crippen molar-refractivity contribution in [1.82, 2.24) is 5.32 Å². The Morgan fingerprint density at radius 2 is 2.04 bits per heavy atom. The van der Waals surface area contributed by atoms with Gasteiger partial charge in [-0.3, -0.25) is 9.59 Å². The molecule has 0 spiro atoms. The molecular weight excluding hydrogens is 316 g/mol. The lowest BCUT2D eigenvalue weighted by atomic mass is 9.99. The Morgan fingerprint density at radius 1 is 1.35 bits per heavy atom. The topological polar surface area (TPSA) is 58.6 Å². The number of benzene rings is 1. The molecule has 2 rings (SSSR count). The van der Waals surface area contributed by atoms with Crippen LogP contribution in [-0.4, -0.2) is 38.1 Å². The molecule has 0 aromatic heterocycles. The van der Waals surface area contributed by atoms with Gasteiger partial charge in [0.05, 0.1) is 0 Å². The maximum Gasteiger partial charge on any atom is 0.223 e. The minimum Gasteiger partial charge on any atom is -0.381 e. The number of nitrogens with one attached hydrogen (secondary N) is 1. The van der Waals surface area contributed by atoms with Crippen LogP contribution >= 0.6 is 11.6 Å². The van der Waals surface area contributed by atoms with Crippen molar-refractivity contribution in [3.63, 3.8) is 0 Å². The van der Waals surface area contributed by atoms with Gasteiger partial charge in [-0.05, 0) is 37.5 Å². The summed E-state index contributed by atoms with van der Waals surface area (Å²) >= 11 is 6.13. The molecule has 0 bridgehead atoms. The summed E-state index contributed by atoms with van der Waals surface area (Å²) in [6.45, 7) is 5.51. The molecule has 1 aromatic rings. The van der Waals surface area contributed by atoms with E-state index in [1.54, 1.807) is 11.0 Å². The maximum atomic E-state index is 12.1. The summed E-state index contributed by atoms with van der Waals surface area (Å²) in [6, 6.07) is 5.48. The molecule has 1 aliphatic heterocycles. The Balaban J connectivity index is 1.94. The van der Waals surface area contributed by atoms with E-state index in [0.29, 0.717) is 31.3 Å². The molecule has 1 aliphatic rings. The predicted molar refractivity (Wildman–Crippen MR) is 90.8 cm³/mol. The molecular formula is C17H23ClN2O3. The summed E-state index contributed by atoms with van der Waals surface area (Å²) in [7, 11) is 0. The molecule has 1 N–H and O–H groups in total. The Hall–Kier alpha value is -1.59. The van der Waals surface area contributed by atoms with Gasteiger partial charge in [0.1, 0.15) is 0 Å². The zero-order chi connectivity index (χ0) is 16.8. The molecule has 1 heterocycles. The average Bonchev–Trinajstić information content (AvgIpc) is 2.55. The molecule has 126 valence electrons. The van der Waals surface area contributed by atoms with Gasteiger partial charge in [0, 0.05) is 49.9 Å². The molecule has 6 heteroatoms. The Labute approximate surface area is 141 Å². The van der Waals surface area contributed by atoms with Crippen LogP contribution in [0.3, 0.4) is 0 Å². The summed E-state index contributed by atoms with van der Waals surface area (Å²) in [5, 5.41) is 3.55. The van der Waals surface area contributed by atoms with Crippen molar-refractivity contribution in [2.75, 3.05) is 31.2 Å². The number of anilines is 1. The molecule has 1 fully saturated rings. The number of amides is 2. The van der Waals surface area contributed by atoms with Crippen molar-refractivity contribution < 1.29 is 14.3 Å². The quantitative estimate of drug-likeness (QED) is 0.897.